The van der Waals surface area contributed by atoms with E-state index in [-0.39, 0.29) is 16.6 Å². The Morgan fingerprint density at radius 1 is 1.04 bits per heavy atom. The molecule has 0 unspecified atom stereocenters. The lowest BCUT2D eigenvalue weighted by Crippen LogP contribution is -2.22. The summed E-state index contributed by atoms with van der Waals surface area (Å²) in [5.41, 5.74) is -1.15. The fourth-order valence-electron chi connectivity index (χ4n) is 2.78. The van der Waals surface area contributed by atoms with Crippen molar-refractivity contribution in [1.82, 2.24) is 15.0 Å². The Morgan fingerprint density at radius 3 is 2.58 bits per heavy atom. The zero-order valence-electron chi connectivity index (χ0n) is 12.1. The van der Waals surface area contributed by atoms with Crippen molar-refractivity contribution >= 4 is 33.3 Å². The maximum absolute atomic E-state index is 14.9. The van der Waals surface area contributed by atoms with Gasteiger partial charge in [-0.15, -0.1) is 0 Å². The molecule has 0 bridgehead atoms. The largest absolute Gasteiger partial charge is 0.326 e. The van der Waals surface area contributed by atoms with Gasteiger partial charge in [0.1, 0.15) is 5.69 Å². The molecule has 0 spiro atoms. The average Bonchev–Trinajstić information content (AvgIpc) is 2.56. The molecule has 2 heterocycles. The van der Waals surface area contributed by atoms with E-state index in [1.54, 1.807) is 24.3 Å². The van der Waals surface area contributed by atoms with Gasteiger partial charge in [-0.3, -0.25) is 14.8 Å². The third-order valence-corrected chi connectivity index (χ3v) is 4.15. The van der Waals surface area contributed by atoms with Crippen molar-refractivity contribution in [2.75, 3.05) is 0 Å². The first kappa shape index (κ1) is 14.6. The molecule has 0 radical (unpaired) electrons. The van der Waals surface area contributed by atoms with Gasteiger partial charge in [-0.25, -0.2) is 9.18 Å². The molecule has 2 N–H and O–H groups in total. The van der Waals surface area contributed by atoms with E-state index in [2.05, 4.69) is 9.97 Å². The van der Waals surface area contributed by atoms with Gasteiger partial charge < -0.3 is 4.98 Å². The number of halogens is 2. The third-order valence-electron chi connectivity index (χ3n) is 3.84. The van der Waals surface area contributed by atoms with Crippen LogP contribution in [0.3, 0.4) is 0 Å². The quantitative estimate of drug-likeness (QED) is 0.558. The highest BCUT2D eigenvalue weighted by Crippen LogP contribution is 2.34. The number of hydrogen-bond donors (Lipinski definition) is 2. The predicted octanol–water partition coefficient (Wildman–Crippen LogP) is 3.22. The number of nitrogens with zero attached hydrogens (tertiary/aromatic N) is 1. The molecule has 0 aliphatic heterocycles. The molecule has 0 saturated heterocycles. The van der Waals surface area contributed by atoms with E-state index in [9.17, 15) is 14.0 Å². The van der Waals surface area contributed by atoms with Gasteiger partial charge >= 0.3 is 5.69 Å². The van der Waals surface area contributed by atoms with Crippen LogP contribution in [0.15, 0.2) is 52.2 Å². The number of benzene rings is 2. The van der Waals surface area contributed by atoms with E-state index in [0.717, 1.165) is 5.39 Å². The Labute approximate surface area is 138 Å². The topological polar surface area (TPSA) is 78.6 Å². The second-order valence-corrected chi connectivity index (χ2v) is 5.67. The maximum atomic E-state index is 14.9. The summed E-state index contributed by atoms with van der Waals surface area (Å²) in [6.07, 6.45) is 1.23. The molecule has 2 aromatic heterocycles. The van der Waals surface area contributed by atoms with Crippen LogP contribution in [0.5, 0.6) is 0 Å². The van der Waals surface area contributed by atoms with E-state index in [0.29, 0.717) is 16.0 Å². The minimum Gasteiger partial charge on any atom is -0.304 e. The van der Waals surface area contributed by atoms with Gasteiger partial charge in [-0.1, -0.05) is 41.9 Å². The summed E-state index contributed by atoms with van der Waals surface area (Å²) in [6.45, 7) is 0. The molecular weight excluding hydrogens is 333 g/mol. The van der Waals surface area contributed by atoms with Gasteiger partial charge in [0.15, 0.2) is 5.82 Å². The summed E-state index contributed by atoms with van der Waals surface area (Å²) in [5.74, 6) is -0.775. The number of pyridine rings is 1. The smallest absolute Gasteiger partial charge is 0.304 e. The van der Waals surface area contributed by atoms with Crippen LogP contribution in [0, 0.1) is 5.82 Å². The number of aromatic amines is 2. The maximum Gasteiger partial charge on any atom is 0.326 e. The summed E-state index contributed by atoms with van der Waals surface area (Å²) >= 11 is 6.27. The zero-order valence-corrected chi connectivity index (χ0v) is 12.8. The number of rotatable bonds is 1. The van der Waals surface area contributed by atoms with Crippen molar-refractivity contribution in [3.05, 3.63) is 74.3 Å². The van der Waals surface area contributed by atoms with E-state index in [4.69, 9.17) is 11.6 Å². The summed E-state index contributed by atoms with van der Waals surface area (Å²) in [5, 5.41) is 1.92. The van der Waals surface area contributed by atoms with Gasteiger partial charge in [-0.05, 0) is 11.5 Å². The Balaban J connectivity index is 2.14. The Hall–Kier alpha value is -2.99. The van der Waals surface area contributed by atoms with Crippen molar-refractivity contribution in [3.63, 3.8) is 0 Å². The molecule has 0 aliphatic rings. The van der Waals surface area contributed by atoms with Crippen LogP contribution in [-0.2, 0) is 0 Å². The highest BCUT2D eigenvalue weighted by atomic mass is 35.5. The molecule has 0 fully saturated rings. The van der Waals surface area contributed by atoms with Gasteiger partial charge in [0.25, 0.3) is 5.56 Å². The van der Waals surface area contributed by atoms with Crippen molar-refractivity contribution < 1.29 is 4.39 Å². The first-order valence-corrected chi connectivity index (χ1v) is 7.42. The summed E-state index contributed by atoms with van der Waals surface area (Å²) < 4.78 is 14.9. The third kappa shape index (κ3) is 2.11. The van der Waals surface area contributed by atoms with Crippen LogP contribution in [-0.4, -0.2) is 15.0 Å². The first-order valence-electron chi connectivity index (χ1n) is 7.04. The second-order valence-electron chi connectivity index (χ2n) is 5.26. The monoisotopic (exact) mass is 341 g/mol. The lowest BCUT2D eigenvalue weighted by atomic mass is 10.0. The molecule has 2 aromatic carbocycles. The zero-order chi connectivity index (χ0) is 16.8. The summed E-state index contributed by atoms with van der Waals surface area (Å²) in [6, 6.07) is 10.7. The van der Waals surface area contributed by atoms with Crippen LogP contribution in [0.1, 0.15) is 0 Å². The van der Waals surface area contributed by atoms with Gasteiger partial charge in [0, 0.05) is 22.2 Å². The molecule has 0 saturated carbocycles. The minimum absolute atomic E-state index is 0.0162. The molecule has 0 atom stereocenters. The van der Waals surface area contributed by atoms with Gasteiger partial charge in [0.2, 0.25) is 0 Å². The Kier molecular flexibility index (Phi) is 3.21. The number of nitrogens with one attached hydrogen (secondary N) is 2. The molecule has 0 aliphatic carbocycles. The minimum atomic E-state index is -0.778. The number of fused-ring (bicyclic) bond motifs is 2. The molecular formula is C17H9ClFN3O2. The van der Waals surface area contributed by atoms with Crippen molar-refractivity contribution in [3.8, 4) is 11.3 Å². The van der Waals surface area contributed by atoms with E-state index < -0.39 is 17.1 Å². The predicted molar refractivity (Wildman–Crippen MR) is 90.9 cm³/mol. The lowest BCUT2D eigenvalue weighted by molar-refractivity contribution is 0.634. The van der Waals surface area contributed by atoms with E-state index in [1.165, 1.54) is 6.20 Å². The Morgan fingerprint density at radius 2 is 1.79 bits per heavy atom. The van der Waals surface area contributed by atoms with Gasteiger partial charge in [0.05, 0.1) is 10.9 Å². The van der Waals surface area contributed by atoms with Crippen LogP contribution in [0.25, 0.3) is 32.9 Å². The number of hydrogen-bond acceptors (Lipinski definition) is 3. The number of aromatic nitrogens is 3. The first-order chi connectivity index (χ1) is 11.6. The van der Waals surface area contributed by atoms with Crippen LogP contribution in [0.2, 0.25) is 5.02 Å². The Bertz CT molecular complexity index is 1220. The molecule has 4 aromatic rings. The SMILES string of the molecule is O=c1[nH]c(=O)c2cnc(-c3cccc4cccc(Cl)c34)c(F)c2[nH]1. The molecule has 5 nitrogen and oxygen atoms in total. The summed E-state index contributed by atoms with van der Waals surface area (Å²) in [4.78, 5) is 31.7. The molecule has 4 rings (SSSR count). The fraction of sp³-hybridized carbons (Fsp3) is 0. The summed E-state index contributed by atoms with van der Waals surface area (Å²) in [7, 11) is 0. The van der Waals surface area contributed by atoms with Crippen molar-refractivity contribution in [2.24, 2.45) is 0 Å². The standard InChI is InChI=1S/C17H9ClFN3O2/c18-11-6-2-4-8-3-1-5-9(12(8)11)14-13(19)15-10(7-20-14)16(23)22-17(24)21-15/h1-7H,(H2,21,22,23,24). The molecule has 0 amide bonds. The van der Waals surface area contributed by atoms with Crippen LogP contribution < -0.4 is 11.2 Å². The average molecular weight is 342 g/mol. The normalized spacial score (nSPS) is 11.2. The molecule has 7 heteroatoms. The van der Waals surface area contributed by atoms with Crippen LogP contribution in [0.4, 0.5) is 4.39 Å². The highest BCUT2D eigenvalue weighted by molar-refractivity contribution is 6.36. The lowest BCUT2D eigenvalue weighted by Gasteiger charge is -2.10. The van der Waals surface area contributed by atoms with E-state index >= 15 is 0 Å². The van der Waals surface area contributed by atoms with Crippen molar-refractivity contribution in [1.29, 1.82) is 0 Å². The molecule has 118 valence electrons. The number of H-pyrrole nitrogens is 2. The fourth-order valence-corrected chi connectivity index (χ4v) is 3.06. The second kappa shape index (κ2) is 5.28. The van der Waals surface area contributed by atoms with Crippen molar-refractivity contribution in [2.45, 2.75) is 0 Å². The van der Waals surface area contributed by atoms with Crippen LogP contribution >= 0.6 is 11.6 Å². The van der Waals surface area contributed by atoms with E-state index in [1.807, 2.05) is 17.1 Å². The van der Waals surface area contributed by atoms with Gasteiger partial charge in [-0.2, -0.15) is 0 Å². The highest BCUT2D eigenvalue weighted by Gasteiger charge is 2.17. The molecule has 24 heavy (non-hydrogen) atoms.